The number of halogens is 7. The second-order valence-electron chi connectivity index (χ2n) is 7.36. The topological polar surface area (TPSA) is 8.81 Å². The van der Waals surface area contributed by atoms with Gasteiger partial charge in [-0.25, -0.2) is 9.13 Å². The number of benzene rings is 2. The van der Waals surface area contributed by atoms with Crippen molar-refractivity contribution in [2.24, 2.45) is 0 Å². The standard InChI is InChI=1S/C21H19F6N2.ClH/c22-20(23,24)15-6-4-5-14(11-15)13-29-18-12-16(21(25,26)27)8-9-17(18)28-10-3-1-2-7-19(28)29;/h4-6,8-9,11-12H,1-3,7,10,13H2;1H/q+1;/p-1. The molecule has 0 saturated carbocycles. The fourth-order valence-corrected chi connectivity index (χ4v) is 4.02. The highest BCUT2D eigenvalue weighted by atomic mass is 35.5. The van der Waals surface area contributed by atoms with E-state index in [0.717, 1.165) is 49.4 Å². The van der Waals surface area contributed by atoms with Gasteiger partial charge in [-0.05, 0) is 49.1 Å². The average Bonchev–Trinajstić information content (AvgIpc) is 2.80. The molecule has 0 amide bonds. The van der Waals surface area contributed by atoms with E-state index in [2.05, 4.69) is 0 Å². The number of rotatable bonds is 2. The lowest BCUT2D eigenvalue weighted by molar-refractivity contribution is -0.678. The van der Waals surface area contributed by atoms with Crippen LogP contribution in [0.2, 0.25) is 0 Å². The SMILES string of the molecule is FC(F)(F)c1cccc(Cn2c3[n+](c4ccc(C(F)(F)F)cc42)CCCCC3)c1.[Cl-]. The lowest BCUT2D eigenvalue weighted by Gasteiger charge is -2.09. The first-order valence-electron chi connectivity index (χ1n) is 9.43. The monoisotopic (exact) mass is 448 g/mol. The molecule has 2 nitrogen and oxygen atoms in total. The van der Waals surface area contributed by atoms with Crippen molar-refractivity contribution in [1.82, 2.24) is 4.57 Å². The van der Waals surface area contributed by atoms with Crippen LogP contribution in [0.1, 0.15) is 41.8 Å². The van der Waals surface area contributed by atoms with Crippen molar-refractivity contribution in [3.63, 3.8) is 0 Å². The molecule has 0 atom stereocenters. The van der Waals surface area contributed by atoms with Gasteiger partial charge in [0.25, 0.3) is 5.82 Å². The quantitative estimate of drug-likeness (QED) is 0.421. The van der Waals surface area contributed by atoms with E-state index in [4.69, 9.17) is 0 Å². The van der Waals surface area contributed by atoms with E-state index in [1.165, 1.54) is 12.1 Å². The van der Waals surface area contributed by atoms with Crippen LogP contribution in [-0.2, 0) is 31.9 Å². The molecule has 1 aromatic heterocycles. The molecule has 0 bridgehead atoms. The summed E-state index contributed by atoms with van der Waals surface area (Å²) in [5.41, 5.74) is -0.0393. The number of imidazole rings is 1. The normalized spacial score (nSPS) is 14.9. The third kappa shape index (κ3) is 4.29. The summed E-state index contributed by atoms with van der Waals surface area (Å²) in [6, 6.07) is 8.59. The minimum absolute atomic E-state index is 0. The zero-order valence-corrected chi connectivity index (χ0v) is 16.6. The van der Waals surface area contributed by atoms with Crippen molar-refractivity contribution in [3.05, 3.63) is 65.0 Å². The van der Waals surface area contributed by atoms with Crippen LogP contribution in [0.15, 0.2) is 42.5 Å². The summed E-state index contributed by atoms with van der Waals surface area (Å²) in [5, 5.41) is 0. The molecule has 1 aliphatic heterocycles. The molecule has 0 saturated heterocycles. The van der Waals surface area contributed by atoms with Gasteiger partial charge in [0.2, 0.25) is 0 Å². The second-order valence-corrected chi connectivity index (χ2v) is 7.36. The molecule has 0 fully saturated rings. The molecule has 0 radical (unpaired) electrons. The van der Waals surface area contributed by atoms with Crippen molar-refractivity contribution in [2.75, 3.05) is 0 Å². The summed E-state index contributed by atoms with van der Waals surface area (Å²) < 4.78 is 82.8. The van der Waals surface area contributed by atoms with Crippen LogP contribution in [0.4, 0.5) is 26.3 Å². The van der Waals surface area contributed by atoms with E-state index in [0.29, 0.717) is 29.6 Å². The largest absolute Gasteiger partial charge is 1.00 e. The Kier molecular flexibility index (Phi) is 6.09. The fourth-order valence-electron chi connectivity index (χ4n) is 4.02. The summed E-state index contributed by atoms with van der Waals surface area (Å²) in [4.78, 5) is 0. The van der Waals surface area contributed by atoms with Crippen LogP contribution < -0.4 is 17.0 Å². The molecule has 0 spiro atoms. The summed E-state index contributed by atoms with van der Waals surface area (Å²) in [6.45, 7) is 0.775. The molecule has 4 rings (SSSR count). The van der Waals surface area contributed by atoms with E-state index in [9.17, 15) is 26.3 Å². The van der Waals surface area contributed by atoms with E-state index >= 15 is 0 Å². The van der Waals surface area contributed by atoms with Gasteiger partial charge in [-0.1, -0.05) is 12.1 Å². The second kappa shape index (κ2) is 8.13. The Morgan fingerprint density at radius 1 is 0.833 bits per heavy atom. The number of hydrogen-bond donors (Lipinski definition) is 0. The number of nitrogens with zero attached hydrogens (tertiary/aromatic N) is 2. The van der Waals surface area contributed by atoms with Crippen LogP contribution >= 0.6 is 0 Å². The lowest BCUT2D eigenvalue weighted by Crippen LogP contribution is -3.00. The van der Waals surface area contributed by atoms with Crippen molar-refractivity contribution in [3.8, 4) is 0 Å². The third-order valence-corrected chi connectivity index (χ3v) is 5.38. The van der Waals surface area contributed by atoms with Crippen LogP contribution in [0.3, 0.4) is 0 Å². The highest BCUT2D eigenvalue weighted by Gasteiger charge is 2.34. The van der Waals surface area contributed by atoms with Gasteiger partial charge in [-0.2, -0.15) is 26.3 Å². The molecule has 0 N–H and O–H groups in total. The number of aryl methyl sites for hydroxylation is 1. The molecule has 0 aliphatic carbocycles. The molecule has 0 unspecified atom stereocenters. The molecule has 30 heavy (non-hydrogen) atoms. The molecule has 162 valence electrons. The predicted octanol–water partition coefficient (Wildman–Crippen LogP) is 2.75. The molecular formula is C21H19ClF6N2. The number of aromatic nitrogens is 2. The third-order valence-electron chi connectivity index (χ3n) is 5.38. The molecule has 3 aromatic rings. The van der Waals surface area contributed by atoms with Gasteiger partial charge in [0.05, 0.1) is 17.7 Å². The van der Waals surface area contributed by atoms with Gasteiger partial charge in [0, 0.05) is 12.5 Å². The number of hydrogen-bond acceptors (Lipinski definition) is 0. The molecule has 2 aromatic carbocycles. The van der Waals surface area contributed by atoms with Gasteiger partial charge in [-0.3, -0.25) is 0 Å². The molecular weight excluding hydrogens is 430 g/mol. The highest BCUT2D eigenvalue weighted by Crippen LogP contribution is 2.33. The summed E-state index contributed by atoms with van der Waals surface area (Å²) >= 11 is 0. The van der Waals surface area contributed by atoms with Gasteiger partial charge in [-0.15, -0.1) is 0 Å². The maximum absolute atomic E-state index is 13.3. The van der Waals surface area contributed by atoms with Crippen molar-refractivity contribution in [2.45, 2.75) is 51.1 Å². The highest BCUT2D eigenvalue weighted by molar-refractivity contribution is 5.74. The van der Waals surface area contributed by atoms with Gasteiger partial charge in [0.1, 0.15) is 6.54 Å². The Bertz CT molecular complexity index is 1050. The maximum atomic E-state index is 13.3. The lowest BCUT2D eigenvalue weighted by atomic mass is 10.1. The first kappa shape index (κ1) is 22.5. The van der Waals surface area contributed by atoms with Crippen LogP contribution in [-0.4, -0.2) is 4.57 Å². The summed E-state index contributed by atoms with van der Waals surface area (Å²) in [7, 11) is 0. The van der Waals surface area contributed by atoms with Crippen LogP contribution in [0.5, 0.6) is 0 Å². The Morgan fingerprint density at radius 2 is 1.53 bits per heavy atom. The van der Waals surface area contributed by atoms with E-state index in [1.54, 1.807) is 10.6 Å². The minimum atomic E-state index is -4.48. The Balaban J connectivity index is 0.00000256. The summed E-state index contributed by atoms with van der Waals surface area (Å²) in [5.74, 6) is 0.856. The van der Waals surface area contributed by atoms with Gasteiger partial charge >= 0.3 is 12.4 Å². The summed E-state index contributed by atoms with van der Waals surface area (Å²) in [6.07, 6.45) is -5.46. The minimum Gasteiger partial charge on any atom is -1.00 e. The van der Waals surface area contributed by atoms with Gasteiger partial charge < -0.3 is 12.4 Å². The first-order valence-corrected chi connectivity index (χ1v) is 9.43. The first-order chi connectivity index (χ1) is 13.6. The Hall–Kier alpha value is -2.22. The Labute approximate surface area is 175 Å². The zero-order chi connectivity index (χ0) is 20.8. The van der Waals surface area contributed by atoms with Crippen molar-refractivity contribution in [1.29, 1.82) is 0 Å². The predicted molar refractivity (Wildman–Crippen MR) is 95.2 cm³/mol. The number of alkyl halides is 6. The van der Waals surface area contributed by atoms with Crippen molar-refractivity contribution < 1.29 is 43.3 Å². The molecule has 2 heterocycles. The van der Waals surface area contributed by atoms with E-state index < -0.39 is 23.5 Å². The fraction of sp³-hybridized carbons (Fsp3) is 0.381. The zero-order valence-electron chi connectivity index (χ0n) is 15.8. The Morgan fingerprint density at radius 3 is 2.23 bits per heavy atom. The van der Waals surface area contributed by atoms with E-state index in [1.807, 2.05) is 4.57 Å². The molecule has 1 aliphatic rings. The maximum Gasteiger partial charge on any atom is 0.416 e. The van der Waals surface area contributed by atoms with Gasteiger partial charge in [0.15, 0.2) is 11.0 Å². The smallest absolute Gasteiger partial charge is 0.416 e. The average molecular weight is 449 g/mol. The molecule has 9 heteroatoms. The van der Waals surface area contributed by atoms with Crippen molar-refractivity contribution >= 4 is 11.0 Å². The van der Waals surface area contributed by atoms with E-state index in [-0.39, 0.29) is 19.0 Å². The van der Waals surface area contributed by atoms with Crippen LogP contribution in [0, 0.1) is 0 Å². The van der Waals surface area contributed by atoms with Crippen LogP contribution in [0.25, 0.3) is 11.0 Å². The number of fused-ring (bicyclic) bond motifs is 3.